The summed E-state index contributed by atoms with van der Waals surface area (Å²) >= 11 is 2.17. The molecule has 0 aliphatic carbocycles. The Morgan fingerprint density at radius 1 is 1.65 bits per heavy atom. The summed E-state index contributed by atoms with van der Waals surface area (Å²) in [5, 5.41) is 7.30. The number of nitrogens with one attached hydrogen (secondary N) is 1. The van der Waals surface area contributed by atoms with Crippen LogP contribution in [-0.4, -0.2) is 26.7 Å². The third kappa shape index (κ3) is 2.37. The summed E-state index contributed by atoms with van der Waals surface area (Å²) in [7, 11) is 0. The summed E-state index contributed by atoms with van der Waals surface area (Å²) in [5.41, 5.74) is 6.61. The molecule has 17 heavy (non-hydrogen) atoms. The molecule has 2 aromatic rings. The molecule has 0 aromatic carbocycles. The number of nitrogen functional groups attached to an aromatic ring is 1. The van der Waals surface area contributed by atoms with Crippen molar-refractivity contribution in [3.8, 4) is 0 Å². The summed E-state index contributed by atoms with van der Waals surface area (Å²) in [4.78, 5) is 25.2. The molecular formula is C8H7IN5O2P. The number of anilines is 2. The van der Waals surface area contributed by atoms with E-state index in [0.29, 0.717) is 28.8 Å². The number of hydrogen-bond acceptors (Lipinski definition) is 5. The van der Waals surface area contributed by atoms with Crippen LogP contribution in [0, 0.1) is 0 Å². The monoisotopic (exact) mass is 363 g/mol. The Morgan fingerprint density at radius 2 is 2.41 bits per heavy atom. The van der Waals surface area contributed by atoms with Crippen molar-refractivity contribution < 1.29 is 9.59 Å². The van der Waals surface area contributed by atoms with Crippen molar-refractivity contribution in [1.82, 2.24) is 14.5 Å². The van der Waals surface area contributed by atoms with Crippen LogP contribution in [-0.2, 0) is 9.59 Å². The molecule has 7 nitrogen and oxygen atoms in total. The minimum Gasteiger partial charge on any atom is -0.383 e. The van der Waals surface area contributed by atoms with Crippen molar-refractivity contribution in [3.05, 3.63) is 12.4 Å². The molecule has 1 atom stereocenters. The molecule has 0 spiro atoms. The van der Waals surface area contributed by atoms with Gasteiger partial charge in [-0.2, -0.15) is 5.10 Å². The Labute approximate surface area is 110 Å². The van der Waals surface area contributed by atoms with Gasteiger partial charge in [0.15, 0.2) is 0 Å². The highest BCUT2D eigenvalue weighted by molar-refractivity contribution is 14.2. The normalized spacial score (nSPS) is 11.1. The molecular weight excluding hydrogens is 356 g/mol. The number of nitrogens with two attached hydrogens (primary N) is 1. The van der Waals surface area contributed by atoms with Gasteiger partial charge >= 0.3 is 0 Å². The van der Waals surface area contributed by atoms with Gasteiger partial charge in [-0.15, -0.1) is 0 Å². The van der Waals surface area contributed by atoms with E-state index in [-0.39, 0.29) is 6.29 Å². The van der Waals surface area contributed by atoms with Gasteiger partial charge in [0.2, 0.25) is 6.29 Å². The standard InChI is InChI=1S/C8H7IN5O2P/c9-17-14-2-4-7(13-14)5(1-11-8(4)10)12-6(16)3-15/h1-3,17H,(H2,10,11)(H,12,16). The molecule has 1 unspecified atom stereocenters. The van der Waals surface area contributed by atoms with Crippen molar-refractivity contribution in [1.29, 1.82) is 0 Å². The Kier molecular flexibility index (Phi) is 3.53. The van der Waals surface area contributed by atoms with Crippen LogP contribution in [0.4, 0.5) is 11.5 Å². The van der Waals surface area contributed by atoms with Crippen LogP contribution in [0.3, 0.4) is 0 Å². The van der Waals surface area contributed by atoms with Crippen molar-refractivity contribution in [2.75, 3.05) is 11.1 Å². The second-order valence-electron chi connectivity index (χ2n) is 3.08. The number of rotatable bonds is 3. The maximum Gasteiger partial charge on any atom is 0.288 e. The SMILES string of the molecule is Nc1ncc(NC(=O)C=O)c2nn(PI)cc12. The van der Waals surface area contributed by atoms with Gasteiger partial charge in [-0.25, -0.2) is 9.44 Å². The minimum absolute atomic E-state index is 0.194. The number of amides is 1. The quantitative estimate of drug-likeness (QED) is 0.366. The minimum atomic E-state index is -0.746. The molecule has 2 rings (SSSR count). The summed E-state index contributed by atoms with van der Waals surface area (Å²) in [6, 6.07) is 0. The molecule has 0 aliphatic rings. The van der Waals surface area contributed by atoms with Gasteiger partial charge in [-0.3, -0.25) is 9.59 Å². The van der Waals surface area contributed by atoms with Gasteiger partial charge < -0.3 is 11.1 Å². The van der Waals surface area contributed by atoms with Crippen molar-refractivity contribution in [2.45, 2.75) is 0 Å². The predicted molar refractivity (Wildman–Crippen MR) is 74.4 cm³/mol. The van der Waals surface area contributed by atoms with Crippen LogP contribution >= 0.6 is 28.4 Å². The fourth-order valence-electron chi connectivity index (χ4n) is 1.32. The van der Waals surface area contributed by atoms with E-state index in [1.165, 1.54) is 6.20 Å². The van der Waals surface area contributed by atoms with Crippen molar-refractivity contribution in [3.63, 3.8) is 0 Å². The van der Waals surface area contributed by atoms with Crippen LogP contribution in [0.1, 0.15) is 0 Å². The van der Waals surface area contributed by atoms with Crippen LogP contribution < -0.4 is 11.1 Å². The lowest BCUT2D eigenvalue weighted by atomic mass is 10.3. The smallest absolute Gasteiger partial charge is 0.288 e. The Hall–Kier alpha value is -1.28. The molecule has 0 bridgehead atoms. The fourth-order valence-corrected chi connectivity index (χ4v) is 2.38. The average molecular weight is 363 g/mol. The van der Waals surface area contributed by atoms with Crippen LogP contribution in [0.25, 0.3) is 10.9 Å². The van der Waals surface area contributed by atoms with Crippen LogP contribution in [0.2, 0.25) is 0 Å². The van der Waals surface area contributed by atoms with Gasteiger partial charge in [0.1, 0.15) is 11.3 Å². The first-order valence-electron chi connectivity index (χ1n) is 4.42. The third-order valence-corrected chi connectivity index (χ3v) is 3.91. The second-order valence-corrected chi connectivity index (χ2v) is 5.16. The number of aromatic nitrogens is 3. The van der Waals surface area contributed by atoms with Crippen molar-refractivity contribution >= 4 is 63.0 Å². The summed E-state index contributed by atoms with van der Waals surface area (Å²) in [6.45, 7) is 0. The average Bonchev–Trinajstić information content (AvgIpc) is 2.77. The number of halogens is 1. The van der Waals surface area contributed by atoms with E-state index in [1.807, 2.05) is 0 Å². The zero-order chi connectivity index (χ0) is 12.4. The lowest BCUT2D eigenvalue weighted by Gasteiger charge is -2.02. The highest BCUT2D eigenvalue weighted by atomic mass is 127. The van der Waals surface area contributed by atoms with E-state index in [4.69, 9.17) is 5.73 Å². The molecule has 0 saturated carbocycles. The zero-order valence-corrected chi connectivity index (χ0v) is 11.5. The number of fused-ring (bicyclic) bond motifs is 1. The summed E-state index contributed by atoms with van der Waals surface area (Å²) < 4.78 is 1.69. The first kappa shape index (κ1) is 12.2. The molecule has 2 heterocycles. The number of pyridine rings is 1. The molecule has 2 aromatic heterocycles. The van der Waals surface area contributed by atoms with Crippen molar-refractivity contribution in [2.24, 2.45) is 0 Å². The number of nitrogens with zero attached hydrogens (tertiary/aromatic N) is 3. The van der Waals surface area contributed by atoms with Gasteiger partial charge in [0.25, 0.3) is 5.91 Å². The highest BCUT2D eigenvalue weighted by Gasteiger charge is 2.12. The first-order chi connectivity index (χ1) is 8.15. The van der Waals surface area contributed by atoms with E-state index >= 15 is 0 Å². The lowest BCUT2D eigenvalue weighted by molar-refractivity contribution is -0.127. The van der Waals surface area contributed by atoms with Gasteiger partial charge in [-0.05, 0) is 22.0 Å². The number of hydrogen-bond donors (Lipinski definition) is 2. The Bertz CT molecular complexity index is 599. The Balaban J connectivity index is 2.56. The molecule has 9 heteroatoms. The number of aldehydes is 1. The zero-order valence-electron chi connectivity index (χ0n) is 8.35. The van der Waals surface area contributed by atoms with E-state index in [2.05, 4.69) is 37.4 Å². The summed E-state index contributed by atoms with van der Waals surface area (Å²) in [6.07, 6.45) is 3.74. The molecule has 3 N–H and O–H groups in total. The van der Waals surface area contributed by atoms with E-state index < -0.39 is 5.91 Å². The number of carbonyl (C=O) groups excluding carboxylic acids is 2. The Morgan fingerprint density at radius 3 is 3.06 bits per heavy atom. The summed E-state index contributed by atoms with van der Waals surface area (Å²) in [5.74, 6) is -0.408. The highest BCUT2D eigenvalue weighted by Crippen LogP contribution is 2.30. The van der Waals surface area contributed by atoms with Gasteiger partial charge in [-0.1, -0.05) is 0 Å². The second kappa shape index (κ2) is 4.92. The van der Waals surface area contributed by atoms with Gasteiger partial charge in [0.05, 0.1) is 23.6 Å². The van der Waals surface area contributed by atoms with E-state index in [1.54, 1.807) is 10.6 Å². The lowest BCUT2D eigenvalue weighted by Crippen LogP contribution is -2.13. The van der Waals surface area contributed by atoms with Gasteiger partial charge in [0, 0.05) is 6.20 Å². The number of carbonyl (C=O) groups is 2. The first-order valence-corrected chi connectivity index (χ1v) is 8.48. The maximum atomic E-state index is 11.0. The maximum absolute atomic E-state index is 11.0. The van der Waals surface area contributed by atoms with E-state index in [9.17, 15) is 9.59 Å². The molecule has 0 saturated heterocycles. The third-order valence-electron chi connectivity index (χ3n) is 2.03. The molecule has 0 fully saturated rings. The van der Waals surface area contributed by atoms with Crippen LogP contribution in [0.15, 0.2) is 12.4 Å². The van der Waals surface area contributed by atoms with E-state index in [0.717, 1.165) is 0 Å². The molecule has 0 aliphatic heterocycles. The van der Waals surface area contributed by atoms with Crippen LogP contribution in [0.5, 0.6) is 0 Å². The largest absolute Gasteiger partial charge is 0.383 e. The molecule has 1 amide bonds. The topological polar surface area (TPSA) is 103 Å². The molecule has 0 radical (unpaired) electrons. The predicted octanol–water partition coefficient (Wildman–Crippen LogP) is 0.942. The fraction of sp³-hybridized carbons (Fsp3) is 0. The molecule has 88 valence electrons.